The SMILES string of the molecule is CCc1sc(C(=O)OCC(=O)Nc2ccccc2C(=O)c2ccccc2)cc1C. The number of benzene rings is 2. The Morgan fingerprint density at radius 2 is 1.69 bits per heavy atom. The fourth-order valence-electron chi connectivity index (χ4n) is 2.90. The molecule has 0 radical (unpaired) electrons. The van der Waals surface area contributed by atoms with Gasteiger partial charge in [-0.3, -0.25) is 9.59 Å². The highest BCUT2D eigenvalue weighted by atomic mass is 32.1. The molecule has 1 amide bonds. The maximum atomic E-state index is 12.7. The molecule has 148 valence electrons. The van der Waals surface area contributed by atoms with Crippen LogP contribution in [0.2, 0.25) is 0 Å². The molecular formula is C23H21NO4S. The first kappa shape index (κ1) is 20.5. The number of hydrogen-bond donors (Lipinski definition) is 1. The van der Waals surface area contributed by atoms with E-state index in [2.05, 4.69) is 5.32 Å². The summed E-state index contributed by atoms with van der Waals surface area (Å²) in [6, 6.07) is 17.4. The van der Waals surface area contributed by atoms with Crippen LogP contribution in [0.4, 0.5) is 5.69 Å². The summed E-state index contributed by atoms with van der Waals surface area (Å²) in [6.45, 7) is 3.54. The van der Waals surface area contributed by atoms with Crippen molar-refractivity contribution < 1.29 is 19.1 Å². The smallest absolute Gasteiger partial charge is 0.348 e. The van der Waals surface area contributed by atoms with Crippen LogP contribution in [0.1, 0.15) is 43.0 Å². The van der Waals surface area contributed by atoms with E-state index in [0.717, 1.165) is 16.9 Å². The molecule has 0 bridgehead atoms. The van der Waals surface area contributed by atoms with Gasteiger partial charge in [0.15, 0.2) is 12.4 Å². The predicted molar refractivity (Wildman–Crippen MR) is 114 cm³/mol. The van der Waals surface area contributed by atoms with Crippen LogP contribution >= 0.6 is 11.3 Å². The second-order valence-electron chi connectivity index (χ2n) is 6.44. The lowest BCUT2D eigenvalue weighted by atomic mass is 10.0. The number of aryl methyl sites for hydroxylation is 2. The minimum Gasteiger partial charge on any atom is -0.451 e. The van der Waals surface area contributed by atoms with E-state index >= 15 is 0 Å². The first-order valence-electron chi connectivity index (χ1n) is 9.24. The van der Waals surface area contributed by atoms with Gasteiger partial charge in [-0.2, -0.15) is 0 Å². The second kappa shape index (κ2) is 9.30. The zero-order valence-electron chi connectivity index (χ0n) is 16.2. The van der Waals surface area contributed by atoms with Gasteiger partial charge in [-0.1, -0.05) is 49.4 Å². The van der Waals surface area contributed by atoms with Gasteiger partial charge in [0.05, 0.1) is 5.69 Å². The molecule has 0 aliphatic rings. The quantitative estimate of drug-likeness (QED) is 0.457. The van der Waals surface area contributed by atoms with Crippen molar-refractivity contribution in [3.8, 4) is 0 Å². The van der Waals surface area contributed by atoms with Crippen LogP contribution in [0.15, 0.2) is 60.7 Å². The Kier molecular flexibility index (Phi) is 6.57. The normalized spacial score (nSPS) is 10.4. The standard InChI is InChI=1S/C23H21NO4S/c1-3-19-15(2)13-20(29-19)23(27)28-14-21(25)24-18-12-8-7-11-17(18)22(26)16-9-5-4-6-10-16/h4-13H,3,14H2,1-2H3,(H,24,25). The van der Waals surface area contributed by atoms with E-state index < -0.39 is 18.5 Å². The fraction of sp³-hybridized carbons (Fsp3) is 0.174. The van der Waals surface area contributed by atoms with Crippen LogP contribution in [0.25, 0.3) is 0 Å². The van der Waals surface area contributed by atoms with Gasteiger partial charge < -0.3 is 10.1 Å². The van der Waals surface area contributed by atoms with E-state index in [1.807, 2.05) is 19.9 Å². The summed E-state index contributed by atoms with van der Waals surface area (Å²) >= 11 is 1.38. The minimum absolute atomic E-state index is 0.195. The molecule has 0 fully saturated rings. The Hall–Kier alpha value is -3.25. The molecule has 3 rings (SSSR count). The molecule has 6 heteroatoms. The molecule has 1 N–H and O–H groups in total. The van der Waals surface area contributed by atoms with Crippen LogP contribution in [0.3, 0.4) is 0 Å². The minimum atomic E-state index is -0.526. The molecule has 5 nitrogen and oxygen atoms in total. The highest BCUT2D eigenvalue weighted by Gasteiger charge is 2.17. The molecule has 29 heavy (non-hydrogen) atoms. The van der Waals surface area contributed by atoms with Crippen LogP contribution in [0.5, 0.6) is 0 Å². The number of ketones is 1. The Morgan fingerprint density at radius 3 is 2.38 bits per heavy atom. The third-order valence-electron chi connectivity index (χ3n) is 4.36. The number of nitrogens with one attached hydrogen (secondary N) is 1. The lowest BCUT2D eigenvalue weighted by Crippen LogP contribution is -2.22. The molecule has 0 saturated carbocycles. The van der Waals surface area contributed by atoms with Crippen molar-refractivity contribution in [2.75, 3.05) is 11.9 Å². The molecule has 0 unspecified atom stereocenters. The largest absolute Gasteiger partial charge is 0.451 e. The van der Waals surface area contributed by atoms with Crippen LogP contribution in [0, 0.1) is 6.92 Å². The van der Waals surface area contributed by atoms with Gasteiger partial charge in [-0.05, 0) is 37.1 Å². The second-order valence-corrected chi connectivity index (χ2v) is 7.57. The van der Waals surface area contributed by atoms with Gasteiger partial charge in [-0.15, -0.1) is 11.3 Å². The molecule has 0 aliphatic carbocycles. The Balaban J connectivity index is 1.65. The molecule has 1 aromatic heterocycles. The highest BCUT2D eigenvalue weighted by Crippen LogP contribution is 2.23. The Labute approximate surface area is 173 Å². The van der Waals surface area contributed by atoms with Crippen LogP contribution < -0.4 is 5.32 Å². The summed E-state index contributed by atoms with van der Waals surface area (Å²) in [4.78, 5) is 38.8. The van der Waals surface area contributed by atoms with Gasteiger partial charge in [-0.25, -0.2) is 4.79 Å². The zero-order valence-corrected chi connectivity index (χ0v) is 17.0. The van der Waals surface area contributed by atoms with E-state index in [1.54, 1.807) is 54.6 Å². The number of amides is 1. The average Bonchev–Trinajstić information content (AvgIpc) is 3.13. The molecule has 0 aliphatic heterocycles. The lowest BCUT2D eigenvalue weighted by Gasteiger charge is -2.10. The van der Waals surface area contributed by atoms with Crippen molar-refractivity contribution >= 4 is 34.7 Å². The summed E-state index contributed by atoms with van der Waals surface area (Å²) < 4.78 is 5.13. The van der Waals surface area contributed by atoms with E-state index in [-0.39, 0.29) is 5.78 Å². The van der Waals surface area contributed by atoms with E-state index in [1.165, 1.54) is 11.3 Å². The molecular weight excluding hydrogens is 386 g/mol. The topological polar surface area (TPSA) is 72.5 Å². The number of ether oxygens (including phenoxy) is 1. The van der Waals surface area contributed by atoms with Gasteiger partial charge >= 0.3 is 5.97 Å². The molecule has 2 aromatic carbocycles. The number of hydrogen-bond acceptors (Lipinski definition) is 5. The molecule has 1 heterocycles. The first-order chi connectivity index (χ1) is 14.0. The Bertz CT molecular complexity index is 1040. The summed E-state index contributed by atoms with van der Waals surface area (Å²) in [5, 5.41) is 2.66. The van der Waals surface area contributed by atoms with Crippen molar-refractivity contribution in [1.29, 1.82) is 0 Å². The van der Waals surface area contributed by atoms with E-state index in [0.29, 0.717) is 21.7 Å². The number of anilines is 1. The third-order valence-corrected chi connectivity index (χ3v) is 5.72. The summed E-state index contributed by atoms with van der Waals surface area (Å²) in [7, 11) is 0. The number of esters is 1. The van der Waals surface area contributed by atoms with Gasteiger partial charge in [0, 0.05) is 16.0 Å². The Morgan fingerprint density at radius 1 is 1.00 bits per heavy atom. The van der Waals surface area contributed by atoms with Crippen molar-refractivity contribution in [2.24, 2.45) is 0 Å². The van der Waals surface area contributed by atoms with E-state index in [9.17, 15) is 14.4 Å². The molecule has 0 atom stereocenters. The van der Waals surface area contributed by atoms with Gasteiger partial charge in [0.2, 0.25) is 0 Å². The number of rotatable bonds is 7. The highest BCUT2D eigenvalue weighted by molar-refractivity contribution is 7.14. The molecule has 0 spiro atoms. The fourth-order valence-corrected chi connectivity index (χ4v) is 3.90. The van der Waals surface area contributed by atoms with Gasteiger partial charge in [0.25, 0.3) is 5.91 Å². The number of carbonyl (C=O) groups excluding carboxylic acids is 3. The van der Waals surface area contributed by atoms with Crippen molar-refractivity contribution in [1.82, 2.24) is 0 Å². The van der Waals surface area contributed by atoms with Crippen LogP contribution in [-0.4, -0.2) is 24.3 Å². The third kappa shape index (κ3) is 4.97. The number of thiophene rings is 1. The van der Waals surface area contributed by atoms with Crippen molar-refractivity contribution in [3.05, 3.63) is 87.1 Å². The zero-order chi connectivity index (χ0) is 20.8. The lowest BCUT2D eigenvalue weighted by molar-refractivity contribution is -0.119. The summed E-state index contributed by atoms with van der Waals surface area (Å²) in [5.74, 6) is -1.23. The summed E-state index contributed by atoms with van der Waals surface area (Å²) in [5.41, 5.74) is 2.32. The number of para-hydroxylation sites is 1. The van der Waals surface area contributed by atoms with Crippen molar-refractivity contribution in [2.45, 2.75) is 20.3 Å². The monoisotopic (exact) mass is 407 g/mol. The van der Waals surface area contributed by atoms with E-state index in [4.69, 9.17) is 4.74 Å². The molecule has 0 saturated heterocycles. The van der Waals surface area contributed by atoms with Crippen LogP contribution in [-0.2, 0) is 16.0 Å². The predicted octanol–water partition coefficient (Wildman–Crippen LogP) is 4.65. The average molecular weight is 407 g/mol. The summed E-state index contributed by atoms with van der Waals surface area (Å²) in [6.07, 6.45) is 0.844. The van der Waals surface area contributed by atoms with Gasteiger partial charge in [0.1, 0.15) is 4.88 Å². The number of carbonyl (C=O) groups is 3. The van der Waals surface area contributed by atoms with Crippen molar-refractivity contribution in [3.63, 3.8) is 0 Å². The maximum absolute atomic E-state index is 12.7. The first-order valence-corrected chi connectivity index (χ1v) is 10.1. The maximum Gasteiger partial charge on any atom is 0.348 e. The molecule has 3 aromatic rings.